The number of aromatic nitrogens is 1. The fourth-order valence-electron chi connectivity index (χ4n) is 1.37. The van der Waals surface area contributed by atoms with E-state index in [-0.39, 0.29) is 0 Å². The predicted octanol–water partition coefficient (Wildman–Crippen LogP) is 2.09. The number of rotatable bonds is 5. The minimum atomic E-state index is 0.613. The number of nitrogens with zero attached hydrogens (tertiary/aromatic N) is 2. The monoisotopic (exact) mass is 251 g/mol. The average Bonchev–Trinajstić information content (AvgIpc) is 2.34. The molecule has 0 saturated carbocycles. The zero-order valence-corrected chi connectivity index (χ0v) is 11.6. The van der Waals surface area contributed by atoms with Crippen LogP contribution in [0.2, 0.25) is 0 Å². The van der Waals surface area contributed by atoms with Crippen LogP contribution in [0.4, 0.5) is 0 Å². The molecule has 3 nitrogen and oxygen atoms in total. The lowest BCUT2D eigenvalue weighted by atomic mass is 10.2. The normalized spacial score (nSPS) is 10.4. The summed E-state index contributed by atoms with van der Waals surface area (Å²) < 4.78 is 0. The van der Waals surface area contributed by atoms with E-state index in [2.05, 4.69) is 29.0 Å². The summed E-state index contributed by atoms with van der Waals surface area (Å²) in [6, 6.07) is 4.08. The quantitative estimate of drug-likeness (QED) is 0.811. The largest absolute Gasteiger partial charge is 0.362 e. The molecule has 17 heavy (non-hydrogen) atoms. The standard InChI is InChI=1S/C13H21N3S/c1-11(2)10-15-13(17)16(3)9-6-12-4-7-14-8-5-12/h4-5,7-8,11H,6,9-10H2,1-3H3,(H,15,17). The van der Waals surface area contributed by atoms with E-state index in [9.17, 15) is 0 Å². The molecule has 1 N–H and O–H groups in total. The minimum Gasteiger partial charge on any atom is -0.362 e. The Balaban J connectivity index is 2.29. The summed E-state index contributed by atoms with van der Waals surface area (Å²) in [6.45, 7) is 6.20. The van der Waals surface area contributed by atoms with Crippen molar-refractivity contribution in [3.8, 4) is 0 Å². The van der Waals surface area contributed by atoms with E-state index in [1.165, 1.54) is 5.56 Å². The van der Waals surface area contributed by atoms with Crippen LogP contribution in [0.3, 0.4) is 0 Å². The Kier molecular flexibility index (Phi) is 5.91. The van der Waals surface area contributed by atoms with E-state index < -0.39 is 0 Å². The second kappa shape index (κ2) is 7.22. The Morgan fingerprint density at radius 3 is 2.65 bits per heavy atom. The fourth-order valence-corrected chi connectivity index (χ4v) is 1.55. The topological polar surface area (TPSA) is 28.2 Å². The van der Waals surface area contributed by atoms with Gasteiger partial charge in [-0.3, -0.25) is 4.98 Å². The molecule has 0 aliphatic rings. The highest BCUT2D eigenvalue weighted by Crippen LogP contribution is 1.99. The molecule has 0 spiro atoms. The van der Waals surface area contributed by atoms with Crippen molar-refractivity contribution in [2.24, 2.45) is 5.92 Å². The van der Waals surface area contributed by atoms with Gasteiger partial charge in [-0.05, 0) is 42.3 Å². The van der Waals surface area contributed by atoms with Crippen molar-refractivity contribution >= 4 is 17.3 Å². The van der Waals surface area contributed by atoms with Gasteiger partial charge in [-0.15, -0.1) is 0 Å². The van der Waals surface area contributed by atoms with Crippen molar-refractivity contribution in [2.45, 2.75) is 20.3 Å². The van der Waals surface area contributed by atoms with Gasteiger partial charge in [-0.2, -0.15) is 0 Å². The summed E-state index contributed by atoms with van der Waals surface area (Å²) in [5.41, 5.74) is 1.29. The first-order chi connectivity index (χ1) is 8.09. The van der Waals surface area contributed by atoms with Gasteiger partial charge < -0.3 is 10.2 Å². The Hall–Kier alpha value is -1.16. The predicted molar refractivity (Wildman–Crippen MR) is 76.0 cm³/mol. The van der Waals surface area contributed by atoms with E-state index in [0.717, 1.165) is 24.6 Å². The lowest BCUT2D eigenvalue weighted by molar-refractivity contribution is 0.487. The van der Waals surface area contributed by atoms with Crippen LogP contribution in [0.15, 0.2) is 24.5 Å². The van der Waals surface area contributed by atoms with Crippen molar-refractivity contribution in [3.05, 3.63) is 30.1 Å². The molecular formula is C13H21N3S. The second-order valence-electron chi connectivity index (χ2n) is 4.61. The van der Waals surface area contributed by atoms with Crippen LogP contribution in [0.5, 0.6) is 0 Å². The molecule has 0 fully saturated rings. The molecule has 0 aliphatic carbocycles. The van der Waals surface area contributed by atoms with Crippen LogP contribution in [0, 0.1) is 5.92 Å². The van der Waals surface area contributed by atoms with Gasteiger partial charge in [0.05, 0.1) is 0 Å². The highest BCUT2D eigenvalue weighted by molar-refractivity contribution is 7.80. The van der Waals surface area contributed by atoms with Gasteiger partial charge in [0.15, 0.2) is 5.11 Å². The van der Waals surface area contributed by atoms with E-state index in [0.29, 0.717) is 5.92 Å². The van der Waals surface area contributed by atoms with E-state index >= 15 is 0 Å². The van der Waals surface area contributed by atoms with E-state index in [1.807, 2.05) is 31.6 Å². The third kappa shape index (κ3) is 5.63. The molecule has 1 aromatic rings. The van der Waals surface area contributed by atoms with E-state index in [1.54, 1.807) is 0 Å². The summed E-state index contributed by atoms with van der Waals surface area (Å²) in [5.74, 6) is 0.613. The first-order valence-corrected chi connectivity index (χ1v) is 6.38. The molecule has 0 radical (unpaired) electrons. The maximum Gasteiger partial charge on any atom is 0.168 e. The smallest absolute Gasteiger partial charge is 0.168 e. The molecule has 94 valence electrons. The van der Waals surface area contributed by atoms with Crippen LogP contribution in [0.1, 0.15) is 19.4 Å². The second-order valence-corrected chi connectivity index (χ2v) is 4.99. The molecule has 1 rings (SSSR count). The van der Waals surface area contributed by atoms with Gasteiger partial charge in [-0.25, -0.2) is 0 Å². The van der Waals surface area contributed by atoms with Crippen LogP contribution < -0.4 is 5.32 Å². The number of hydrogen-bond donors (Lipinski definition) is 1. The Morgan fingerprint density at radius 2 is 2.06 bits per heavy atom. The minimum absolute atomic E-state index is 0.613. The summed E-state index contributed by atoms with van der Waals surface area (Å²) in [5, 5.41) is 4.09. The highest BCUT2D eigenvalue weighted by atomic mass is 32.1. The van der Waals surface area contributed by atoms with Crippen LogP contribution in [0.25, 0.3) is 0 Å². The Bertz CT molecular complexity index is 338. The molecule has 1 heterocycles. The molecule has 0 atom stereocenters. The van der Waals surface area contributed by atoms with Gasteiger partial charge in [-0.1, -0.05) is 13.8 Å². The molecule has 0 aliphatic heterocycles. The number of likely N-dealkylation sites (N-methyl/N-ethyl adjacent to an activating group) is 1. The summed E-state index contributed by atoms with van der Waals surface area (Å²) in [7, 11) is 2.02. The lowest BCUT2D eigenvalue weighted by Gasteiger charge is -2.21. The Morgan fingerprint density at radius 1 is 1.41 bits per heavy atom. The lowest BCUT2D eigenvalue weighted by Crippen LogP contribution is -2.39. The third-order valence-electron chi connectivity index (χ3n) is 2.49. The summed E-state index contributed by atoms with van der Waals surface area (Å²) in [4.78, 5) is 6.09. The van der Waals surface area contributed by atoms with Crippen LogP contribution >= 0.6 is 12.2 Å². The number of hydrogen-bond acceptors (Lipinski definition) is 2. The summed E-state index contributed by atoms with van der Waals surface area (Å²) in [6.07, 6.45) is 4.64. The molecule has 0 amide bonds. The van der Waals surface area contributed by atoms with Crippen molar-refractivity contribution in [3.63, 3.8) is 0 Å². The summed E-state index contributed by atoms with van der Waals surface area (Å²) >= 11 is 5.31. The molecule has 4 heteroatoms. The molecule has 0 saturated heterocycles. The first kappa shape index (κ1) is 13.9. The van der Waals surface area contributed by atoms with Crippen LogP contribution in [-0.2, 0) is 6.42 Å². The number of thiocarbonyl (C=S) groups is 1. The van der Waals surface area contributed by atoms with Gasteiger partial charge in [0, 0.05) is 32.5 Å². The van der Waals surface area contributed by atoms with Crippen molar-refractivity contribution < 1.29 is 0 Å². The zero-order valence-electron chi connectivity index (χ0n) is 10.8. The van der Waals surface area contributed by atoms with Crippen molar-refractivity contribution in [2.75, 3.05) is 20.1 Å². The van der Waals surface area contributed by atoms with E-state index in [4.69, 9.17) is 12.2 Å². The maximum atomic E-state index is 5.31. The Labute approximate surface area is 109 Å². The highest BCUT2D eigenvalue weighted by Gasteiger charge is 2.04. The first-order valence-electron chi connectivity index (χ1n) is 5.97. The molecule has 0 unspecified atom stereocenters. The molecule has 1 aromatic heterocycles. The van der Waals surface area contributed by atoms with Gasteiger partial charge in [0.1, 0.15) is 0 Å². The molecule has 0 bridgehead atoms. The molecule has 0 aromatic carbocycles. The van der Waals surface area contributed by atoms with Gasteiger partial charge in [0.2, 0.25) is 0 Å². The number of nitrogens with one attached hydrogen (secondary N) is 1. The van der Waals surface area contributed by atoms with Crippen molar-refractivity contribution in [1.82, 2.24) is 15.2 Å². The van der Waals surface area contributed by atoms with Gasteiger partial charge >= 0.3 is 0 Å². The van der Waals surface area contributed by atoms with Gasteiger partial charge in [0.25, 0.3) is 0 Å². The maximum absolute atomic E-state index is 5.31. The average molecular weight is 251 g/mol. The number of pyridine rings is 1. The van der Waals surface area contributed by atoms with Crippen molar-refractivity contribution in [1.29, 1.82) is 0 Å². The third-order valence-corrected chi connectivity index (χ3v) is 2.95. The fraction of sp³-hybridized carbons (Fsp3) is 0.538. The molecular weight excluding hydrogens is 230 g/mol. The zero-order chi connectivity index (χ0) is 12.7. The van der Waals surface area contributed by atoms with Crippen LogP contribution in [-0.4, -0.2) is 35.1 Å². The SMILES string of the molecule is CC(C)CNC(=S)N(C)CCc1ccncc1.